The average Bonchev–Trinajstić information content (AvgIpc) is 2.37. The van der Waals surface area contributed by atoms with Crippen LogP contribution in [0, 0.1) is 0 Å². The van der Waals surface area contributed by atoms with Gasteiger partial charge in [-0.05, 0) is 29.8 Å². The average molecular weight is 321 g/mol. The van der Waals surface area contributed by atoms with Crippen LogP contribution in [-0.4, -0.2) is 11.1 Å². The van der Waals surface area contributed by atoms with Crippen LogP contribution in [-0.2, 0) is 6.54 Å². The predicted molar refractivity (Wildman–Crippen MR) is 79.3 cm³/mol. The van der Waals surface area contributed by atoms with Crippen molar-refractivity contribution in [3.63, 3.8) is 0 Å². The Labute approximate surface area is 119 Å². The van der Waals surface area contributed by atoms with Crippen LogP contribution in [0.5, 0.6) is 0 Å². The molecule has 0 saturated heterocycles. The van der Waals surface area contributed by atoms with Gasteiger partial charge in [0.25, 0.3) is 0 Å². The van der Waals surface area contributed by atoms with E-state index in [9.17, 15) is 4.79 Å². The second-order valence-electron chi connectivity index (χ2n) is 4.05. The molecule has 0 aliphatic carbocycles. The number of nitrogens with two attached hydrogens (primary N) is 1. The van der Waals surface area contributed by atoms with Crippen LogP contribution < -0.4 is 11.1 Å². The lowest BCUT2D eigenvalue weighted by molar-refractivity contribution is 0.0698. The standard InChI is InChI=1S/C14H13BrN2O2/c15-12-4-2-1-3-9(12)8-17-10-5-6-11(14(18)19)13(16)7-10/h1-7,17H,8,16H2,(H,18,19). The number of nitrogen functional groups attached to an aromatic ring is 1. The third kappa shape index (κ3) is 3.26. The van der Waals surface area contributed by atoms with Gasteiger partial charge in [0.2, 0.25) is 0 Å². The van der Waals surface area contributed by atoms with E-state index in [0.717, 1.165) is 15.7 Å². The number of hydrogen-bond acceptors (Lipinski definition) is 3. The topological polar surface area (TPSA) is 75.3 Å². The summed E-state index contributed by atoms with van der Waals surface area (Å²) < 4.78 is 1.03. The second-order valence-corrected chi connectivity index (χ2v) is 4.91. The fourth-order valence-electron chi connectivity index (χ4n) is 1.71. The third-order valence-corrected chi connectivity index (χ3v) is 3.50. The van der Waals surface area contributed by atoms with Crippen molar-refractivity contribution in [1.29, 1.82) is 0 Å². The highest BCUT2D eigenvalue weighted by molar-refractivity contribution is 9.10. The van der Waals surface area contributed by atoms with Crippen molar-refractivity contribution in [2.45, 2.75) is 6.54 Å². The van der Waals surface area contributed by atoms with E-state index in [1.807, 2.05) is 24.3 Å². The third-order valence-electron chi connectivity index (χ3n) is 2.72. The Morgan fingerprint density at radius 2 is 2.00 bits per heavy atom. The molecule has 0 unspecified atom stereocenters. The number of carboxylic acids is 1. The molecular formula is C14H13BrN2O2. The number of carboxylic acid groups (broad SMARTS) is 1. The lowest BCUT2D eigenvalue weighted by atomic mass is 10.1. The van der Waals surface area contributed by atoms with Gasteiger partial charge in [-0.15, -0.1) is 0 Å². The van der Waals surface area contributed by atoms with Crippen molar-refractivity contribution in [3.8, 4) is 0 Å². The largest absolute Gasteiger partial charge is 0.478 e. The van der Waals surface area contributed by atoms with Gasteiger partial charge in [-0.3, -0.25) is 0 Å². The first-order valence-corrected chi connectivity index (χ1v) is 6.47. The zero-order chi connectivity index (χ0) is 13.8. The van der Waals surface area contributed by atoms with Gasteiger partial charge in [-0.25, -0.2) is 4.79 Å². The minimum Gasteiger partial charge on any atom is -0.478 e. The van der Waals surface area contributed by atoms with E-state index >= 15 is 0 Å². The van der Waals surface area contributed by atoms with Gasteiger partial charge in [-0.1, -0.05) is 34.1 Å². The maximum absolute atomic E-state index is 10.9. The molecule has 4 nitrogen and oxygen atoms in total. The van der Waals surface area contributed by atoms with Crippen molar-refractivity contribution < 1.29 is 9.90 Å². The van der Waals surface area contributed by atoms with E-state index in [2.05, 4.69) is 21.2 Å². The van der Waals surface area contributed by atoms with Crippen LogP contribution in [0.15, 0.2) is 46.9 Å². The fraction of sp³-hybridized carbons (Fsp3) is 0.0714. The molecule has 0 aromatic heterocycles. The van der Waals surface area contributed by atoms with Crippen LogP contribution in [0.3, 0.4) is 0 Å². The molecular weight excluding hydrogens is 308 g/mol. The highest BCUT2D eigenvalue weighted by Crippen LogP contribution is 2.21. The monoisotopic (exact) mass is 320 g/mol. The molecule has 19 heavy (non-hydrogen) atoms. The molecule has 4 N–H and O–H groups in total. The minimum absolute atomic E-state index is 0.117. The Morgan fingerprint density at radius 3 is 2.63 bits per heavy atom. The van der Waals surface area contributed by atoms with E-state index in [1.54, 1.807) is 12.1 Å². The molecule has 0 heterocycles. The molecule has 0 atom stereocenters. The number of hydrogen-bond donors (Lipinski definition) is 3. The Bertz CT molecular complexity index is 614. The summed E-state index contributed by atoms with van der Waals surface area (Å²) in [6.07, 6.45) is 0. The van der Waals surface area contributed by atoms with E-state index < -0.39 is 5.97 Å². The maximum atomic E-state index is 10.9. The Hall–Kier alpha value is -2.01. The number of rotatable bonds is 4. The van der Waals surface area contributed by atoms with Crippen molar-refractivity contribution in [3.05, 3.63) is 58.1 Å². The Morgan fingerprint density at radius 1 is 1.26 bits per heavy atom. The first-order valence-electron chi connectivity index (χ1n) is 5.68. The summed E-state index contributed by atoms with van der Waals surface area (Å²) in [6, 6.07) is 12.7. The fourth-order valence-corrected chi connectivity index (χ4v) is 2.13. The van der Waals surface area contributed by atoms with E-state index in [0.29, 0.717) is 6.54 Å². The second kappa shape index (κ2) is 5.75. The molecule has 0 spiro atoms. The number of nitrogens with one attached hydrogen (secondary N) is 1. The SMILES string of the molecule is Nc1cc(NCc2ccccc2Br)ccc1C(=O)O. The number of benzene rings is 2. The van der Waals surface area contributed by atoms with Gasteiger partial charge in [0.05, 0.1) is 5.56 Å². The van der Waals surface area contributed by atoms with Gasteiger partial charge < -0.3 is 16.2 Å². The number of aromatic carboxylic acids is 1. The lowest BCUT2D eigenvalue weighted by Crippen LogP contribution is -2.05. The molecule has 2 aromatic rings. The molecule has 0 bridgehead atoms. The highest BCUT2D eigenvalue weighted by Gasteiger charge is 2.07. The molecule has 2 rings (SSSR count). The molecule has 2 aromatic carbocycles. The van der Waals surface area contributed by atoms with Crippen LogP contribution >= 0.6 is 15.9 Å². The van der Waals surface area contributed by atoms with Crippen LogP contribution in [0.4, 0.5) is 11.4 Å². The van der Waals surface area contributed by atoms with Gasteiger partial charge >= 0.3 is 5.97 Å². The Kier molecular flexibility index (Phi) is 4.06. The summed E-state index contributed by atoms with van der Waals surface area (Å²) in [5.41, 5.74) is 7.97. The molecule has 0 aliphatic heterocycles. The van der Waals surface area contributed by atoms with E-state index in [4.69, 9.17) is 10.8 Å². The van der Waals surface area contributed by atoms with Crippen molar-refractivity contribution >= 4 is 33.3 Å². The molecule has 5 heteroatoms. The lowest BCUT2D eigenvalue weighted by Gasteiger charge is -2.10. The zero-order valence-corrected chi connectivity index (χ0v) is 11.6. The quantitative estimate of drug-likeness (QED) is 0.755. The number of halogens is 1. The van der Waals surface area contributed by atoms with E-state index in [1.165, 1.54) is 6.07 Å². The Balaban J connectivity index is 2.11. The van der Waals surface area contributed by atoms with Gasteiger partial charge in [0.15, 0.2) is 0 Å². The first-order chi connectivity index (χ1) is 9.08. The molecule has 0 aliphatic rings. The summed E-state index contributed by atoms with van der Waals surface area (Å²) >= 11 is 3.47. The summed E-state index contributed by atoms with van der Waals surface area (Å²) in [7, 11) is 0. The zero-order valence-electron chi connectivity index (χ0n) is 10.1. The summed E-state index contributed by atoms with van der Waals surface area (Å²) in [5.74, 6) is -1.02. The maximum Gasteiger partial charge on any atom is 0.337 e. The summed E-state index contributed by atoms with van der Waals surface area (Å²) in [6.45, 7) is 0.632. The molecule has 0 fully saturated rings. The van der Waals surface area contributed by atoms with Gasteiger partial charge in [-0.2, -0.15) is 0 Å². The highest BCUT2D eigenvalue weighted by atomic mass is 79.9. The van der Waals surface area contributed by atoms with Crippen LogP contribution in [0.25, 0.3) is 0 Å². The predicted octanol–water partition coefficient (Wildman–Crippen LogP) is 3.34. The van der Waals surface area contributed by atoms with Gasteiger partial charge in [0, 0.05) is 22.4 Å². The molecule has 98 valence electrons. The van der Waals surface area contributed by atoms with Crippen LogP contribution in [0.2, 0.25) is 0 Å². The minimum atomic E-state index is -1.02. The van der Waals surface area contributed by atoms with Crippen molar-refractivity contribution in [2.75, 3.05) is 11.1 Å². The van der Waals surface area contributed by atoms with Gasteiger partial charge in [0.1, 0.15) is 0 Å². The first kappa shape index (κ1) is 13.4. The van der Waals surface area contributed by atoms with Crippen molar-refractivity contribution in [2.24, 2.45) is 0 Å². The molecule has 0 radical (unpaired) electrons. The molecule has 0 amide bonds. The van der Waals surface area contributed by atoms with Crippen LogP contribution in [0.1, 0.15) is 15.9 Å². The normalized spacial score (nSPS) is 10.2. The number of anilines is 2. The molecule has 0 saturated carbocycles. The number of carbonyl (C=O) groups is 1. The van der Waals surface area contributed by atoms with Crippen molar-refractivity contribution in [1.82, 2.24) is 0 Å². The smallest absolute Gasteiger partial charge is 0.337 e. The summed E-state index contributed by atoms with van der Waals surface area (Å²) in [5, 5.41) is 12.1. The summed E-state index contributed by atoms with van der Waals surface area (Å²) in [4.78, 5) is 10.9. The van der Waals surface area contributed by atoms with E-state index in [-0.39, 0.29) is 11.3 Å².